The number of fused-ring (bicyclic) bond motifs is 1. The molecule has 2 atom stereocenters. The van der Waals surface area contributed by atoms with Gasteiger partial charge in [0.1, 0.15) is 0 Å². The van der Waals surface area contributed by atoms with Crippen molar-refractivity contribution in [3.63, 3.8) is 0 Å². The zero-order valence-electron chi connectivity index (χ0n) is 6.19. The molecule has 0 amide bonds. The van der Waals surface area contributed by atoms with E-state index in [1.807, 2.05) is 0 Å². The Balaban J connectivity index is 1.95. The summed E-state index contributed by atoms with van der Waals surface area (Å²) < 4.78 is 0. The van der Waals surface area contributed by atoms with Gasteiger partial charge < -0.3 is 0 Å². The van der Waals surface area contributed by atoms with Gasteiger partial charge in [0.15, 0.2) is 0 Å². The maximum Gasteiger partial charge on any atom is -0.0235 e. The smallest absolute Gasteiger partial charge is 0.0235 e. The lowest BCUT2D eigenvalue weighted by molar-refractivity contribution is 0.552. The number of rotatable bonds is 2. The standard InChI is InChI=1S/C9H15/c1-2-5-9-6-3-4-8(9)7-9/h5,8H,2-4,6-7H2,1H3. The summed E-state index contributed by atoms with van der Waals surface area (Å²) in [5, 5.41) is 0. The first-order chi connectivity index (χ1) is 4.37. The topological polar surface area (TPSA) is 0 Å². The molecule has 0 heterocycles. The Morgan fingerprint density at radius 1 is 1.67 bits per heavy atom. The van der Waals surface area contributed by atoms with Gasteiger partial charge in [0.2, 0.25) is 0 Å². The van der Waals surface area contributed by atoms with Crippen molar-refractivity contribution >= 4 is 0 Å². The van der Waals surface area contributed by atoms with E-state index in [1.54, 1.807) is 0 Å². The maximum atomic E-state index is 2.56. The van der Waals surface area contributed by atoms with Crippen LogP contribution in [-0.2, 0) is 0 Å². The van der Waals surface area contributed by atoms with E-state index >= 15 is 0 Å². The highest BCUT2D eigenvalue weighted by Gasteiger charge is 2.55. The Bertz CT molecular complexity index is 117. The van der Waals surface area contributed by atoms with Crippen molar-refractivity contribution in [3.05, 3.63) is 6.42 Å². The Morgan fingerprint density at radius 2 is 2.56 bits per heavy atom. The summed E-state index contributed by atoms with van der Waals surface area (Å²) in [6.45, 7) is 2.27. The molecule has 2 unspecified atom stereocenters. The Kier molecular flexibility index (Phi) is 1.12. The molecule has 9 heavy (non-hydrogen) atoms. The molecule has 2 rings (SSSR count). The lowest BCUT2D eigenvalue weighted by Crippen LogP contribution is -1.97. The van der Waals surface area contributed by atoms with Crippen LogP contribution >= 0.6 is 0 Å². The third kappa shape index (κ3) is 0.720. The predicted molar refractivity (Wildman–Crippen MR) is 39.0 cm³/mol. The van der Waals surface area contributed by atoms with Crippen LogP contribution < -0.4 is 0 Å². The minimum atomic E-state index is 0.786. The van der Waals surface area contributed by atoms with E-state index in [4.69, 9.17) is 0 Å². The van der Waals surface area contributed by atoms with Gasteiger partial charge in [-0.1, -0.05) is 19.8 Å². The lowest BCUT2D eigenvalue weighted by atomic mass is 9.98. The number of hydrogen-bond donors (Lipinski definition) is 0. The molecule has 0 spiro atoms. The largest absolute Gasteiger partial charge is 0.0651 e. The third-order valence-electron chi connectivity index (χ3n) is 3.08. The summed E-state index contributed by atoms with van der Waals surface area (Å²) in [5.74, 6) is 1.12. The van der Waals surface area contributed by atoms with Crippen molar-refractivity contribution in [2.24, 2.45) is 11.3 Å². The van der Waals surface area contributed by atoms with E-state index in [0.29, 0.717) is 0 Å². The van der Waals surface area contributed by atoms with E-state index in [2.05, 4.69) is 13.3 Å². The minimum absolute atomic E-state index is 0.786. The molecule has 0 heteroatoms. The van der Waals surface area contributed by atoms with Crippen molar-refractivity contribution in [3.8, 4) is 0 Å². The zero-order valence-corrected chi connectivity index (χ0v) is 6.19. The molecule has 2 saturated carbocycles. The fraction of sp³-hybridized carbons (Fsp3) is 0.889. The van der Waals surface area contributed by atoms with Crippen molar-refractivity contribution in [2.45, 2.75) is 39.0 Å². The molecule has 2 aliphatic rings. The molecular formula is C9H15. The highest BCUT2D eigenvalue weighted by Crippen LogP contribution is 2.65. The van der Waals surface area contributed by atoms with Crippen LogP contribution in [0.25, 0.3) is 0 Å². The normalized spacial score (nSPS) is 47.0. The molecule has 0 aromatic carbocycles. The van der Waals surface area contributed by atoms with Gasteiger partial charge in [-0.25, -0.2) is 0 Å². The van der Waals surface area contributed by atoms with Gasteiger partial charge in [0, 0.05) is 0 Å². The molecule has 0 N–H and O–H groups in total. The van der Waals surface area contributed by atoms with E-state index in [1.165, 1.54) is 32.1 Å². The predicted octanol–water partition coefficient (Wildman–Crippen LogP) is 2.79. The summed E-state index contributed by atoms with van der Waals surface area (Å²) in [4.78, 5) is 0. The molecule has 0 aromatic rings. The second-order valence-electron chi connectivity index (χ2n) is 3.64. The Morgan fingerprint density at radius 3 is 3.00 bits per heavy atom. The quantitative estimate of drug-likeness (QED) is 0.529. The van der Waals surface area contributed by atoms with Crippen LogP contribution in [0.5, 0.6) is 0 Å². The highest BCUT2D eigenvalue weighted by atomic mass is 14.6. The Hall–Kier alpha value is 0. The van der Waals surface area contributed by atoms with Crippen LogP contribution in [0.15, 0.2) is 0 Å². The highest BCUT2D eigenvalue weighted by molar-refractivity contribution is 5.13. The summed E-state index contributed by atoms with van der Waals surface area (Å²) >= 11 is 0. The minimum Gasteiger partial charge on any atom is -0.0651 e. The zero-order chi connectivity index (χ0) is 6.32. The summed E-state index contributed by atoms with van der Waals surface area (Å²) in [5.41, 5.74) is 0.786. The first-order valence-corrected chi connectivity index (χ1v) is 4.22. The molecule has 2 aliphatic carbocycles. The van der Waals surface area contributed by atoms with Gasteiger partial charge in [0.25, 0.3) is 0 Å². The van der Waals surface area contributed by atoms with Gasteiger partial charge >= 0.3 is 0 Å². The van der Waals surface area contributed by atoms with Gasteiger partial charge in [-0.15, -0.1) is 0 Å². The van der Waals surface area contributed by atoms with Crippen LogP contribution in [0, 0.1) is 17.8 Å². The average Bonchev–Trinajstić information content (AvgIpc) is 2.37. The molecule has 0 saturated heterocycles. The number of hydrogen-bond acceptors (Lipinski definition) is 0. The van der Waals surface area contributed by atoms with E-state index in [-0.39, 0.29) is 0 Å². The first-order valence-electron chi connectivity index (χ1n) is 4.22. The first kappa shape index (κ1) is 5.76. The summed E-state index contributed by atoms with van der Waals surface area (Å²) in [6, 6.07) is 0. The maximum absolute atomic E-state index is 2.56. The molecule has 51 valence electrons. The molecule has 0 nitrogen and oxygen atoms in total. The van der Waals surface area contributed by atoms with E-state index in [9.17, 15) is 0 Å². The Labute approximate surface area is 57.6 Å². The van der Waals surface area contributed by atoms with Crippen LogP contribution in [0.3, 0.4) is 0 Å². The van der Waals surface area contributed by atoms with Crippen LogP contribution in [0.1, 0.15) is 39.0 Å². The van der Waals surface area contributed by atoms with Crippen molar-refractivity contribution < 1.29 is 0 Å². The van der Waals surface area contributed by atoms with Crippen LogP contribution in [-0.4, -0.2) is 0 Å². The van der Waals surface area contributed by atoms with Gasteiger partial charge in [-0.05, 0) is 37.0 Å². The molecule has 0 bridgehead atoms. The van der Waals surface area contributed by atoms with E-state index < -0.39 is 0 Å². The lowest BCUT2D eigenvalue weighted by Gasteiger charge is -2.07. The molecule has 0 aliphatic heterocycles. The second kappa shape index (κ2) is 1.74. The SMILES string of the molecule is CC[CH]C12CCCC1C2. The molecular weight excluding hydrogens is 108 g/mol. The summed E-state index contributed by atoms with van der Waals surface area (Å²) in [7, 11) is 0. The molecule has 0 aromatic heterocycles. The fourth-order valence-electron chi connectivity index (χ4n) is 2.53. The second-order valence-corrected chi connectivity index (χ2v) is 3.64. The van der Waals surface area contributed by atoms with Crippen molar-refractivity contribution in [1.82, 2.24) is 0 Å². The van der Waals surface area contributed by atoms with Gasteiger partial charge in [-0.3, -0.25) is 0 Å². The average molecular weight is 123 g/mol. The third-order valence-corrected chi connectivity index (χ3v) is 3.08. The van der Waals surface area contributed by atoms with Gasteiger partial charge in [-0.2, -0.15) is 0 Å². The van der Waals surface area contributed by atoms with Crippen LogP contribution in [0.4, 0.5) is 0 Å². The summed E-state index contributed by atoms with van der Waals surface area (Å²) in [6.07, 6.45) is 9.91. The van der Waals surface area contributed by atoms with Crippen molar-refractivity contribution in [1.29, 1.82) is 0 Å². The van der Waals surface area contributed by atoms with E-state index in [0.717, 1.165) is 11.3 Å². The van der Waals surface area contributed by atoms with Crippen molar-refractivity contribution in [2.75, 3.05) is 0 Å². The van der Waals surface area contributed by atoms with Gasteiger partial charge in [0.05, 0.1) is 0 Å². The molecule has 1 radical (unpaired) electrons. The monoisotopic (exact) mass is 123 g/mol. The fourth-order valence-corrected chi connectivity index (χ4v) is 2.53. The molecule has 2 fully saturated rings. The van der Waals surface area contributed by atoms with Crippen LogP contribution in [0.2, 0.25) is 0 Å².